The van der Waals surface area contributed by atoms with Gasteiger partial charge in [-0.25, -0.2) is 10.8 Å². The fraction of sp³-hybridized carbons (Fsp3) is 0.143. The van der Waals surface area contributed by atoms with E-state index >= 15 is 0 Å². The Labute approximate surface area is 125 Å². The van der Waals surface area contributed by atoms with E-state index in [-0.39, 0.29) is 12.3 Å². The topological polar surface area (TPSA) is 77.2 Å². The lowest BCUT2D eigenvalue weighted by Crippen LogP contribution is -2.30. The summed E-state index contributed by atoms with van der Waals surface area (Å²) in [6, 6.07) is 10.9. The Kier molecular flexibility index (Phi) is 4.70. The van der Waals surface area contributed by atoms with Crippen LogP contribution in [-0.2, 0) is 6.61 Å². The molecule has 0 aliphatic rings. The van der Waals surface area contributed by atoms with Crippen LogP contribution in [0.5, 0.6) is 5.75 Å². The molecule has 0 atom stereocenters. The molecule has 1 aromatic heterocycles. The predicted octanol–water partition coefficient (Wildman–Crippen LogP) is 2.34. The van der Waals surface area contributed by atoms with Crippen LogP contribution in [0, 0.1) is 6.92 Å². The fourth-order valence-electron chi connectivity index (χ4n) is 1.69. The minimum absolute atomic E-state index is 0.265. The van der Waals surface area contributed by atoms with Gasteiger partial charge in [-0.2, -0.15) is 0 Å². The van der Waals surface area contributed by atoms with Crippen molar-refractivity contribution in [3.05, 3.63) is 57.8 Å². The summed E-state index contributed by atoms with van der Waals surface area (Å²) in [6.07, 6.45) is 0. The van der Waals surface area contributed by atoms with Crippen molar-refractivity contribution in [2.75, 3.05) is 0 Å². The number of hydrogen-bond acceptors (Lipinski definition) is 4. The van der Waals surface area contributed by atoms with Crippen LogP contribution in [0.25, 0.3) is 0 Å². The van der Waals surface area contributed by atoms with Gasteiger partial charge in [-0.05, 0) is 42.8 Å². The summed E-state index contributed by atoms with van der Waals surface area (Å²) in [5, 5.41) is 0. The molecule has 0 spiro atoms. The number of carbonyl (C=O) groups is 1. The van der Waals surface area contributed by atoms with Crippen LogP contribution in [0.15, 0.2) is 40.9 Å². The Bertz CT molecular complexity index is 632. The van der Waals surface area contributed by atoms with Crippen LogP contribution < -0.4 is 16.0 Å². The molecule has 5 nitrogen and oxygen atoms in total. The molecule has 20 heavy (non-hydrogen) atoms. The first-order valence-corrected chi connectivity index (χ1v) is 6.75. The number of halogens is 1. The maximum Gasteiger partial charge on any atom is 0.283 e. The molecule has 0 saturated carbocycles. The van der Waals surface area contributed by atoms with Gasteiger partial charge in [0, 0.05) is 4.47 Å². The molecule has 1 heterocycles. The summed E-state index contributed by atoms with van der Waals surface area (Å²) >= 11 is 3.40. The number of amides is 1. The highest BCUT2D eigenvalue weighted by atomic mass is 79.9. The number of hydrazine groups is 1. The van der Waals surface area contributed by atoms with Crippen molar-refractivity contribution >= 4 is 21.8 Å². The van der Waals surface area contributed by atoms with Crippen LogP contribution in [0.2, 0.25) is 0 Å². The lowest BCUT2D eigenvalue weighted by Gasteiger charge is -2.09. The monoisotopic (exact) mass is 335 g/mol. The number of benzene rings is 1. The van der Waals surface area contributed by atoms with Crippen LogP contribution in [0.3, 0.4) is 0 Å². The van der Waals surface area contributed by atoms with Gasteiger partial charge in [0.25, 0.3) is 5.91 Å². The number of nitrogen functional groups attached to an aromatic ring is 1. The van der Waals surface area contributed by atoms with Gasteiger partial charge in [0.15, 0.2) is 0 Å². The van der Waals surface area contributed by atoms with Gasteiger partial charge in [0.1, 0.15) is 18.1 Å². The van der Waals surface area contributed by atoms with E-state index in [1.54, 1.807) is 18.2 Å². The summed E-state index contributed by atoms with van der Waals surface area (Å²) in [7, 11) is 0. The van der Waals surface area contributed by atoms with E-state index in [0.717, 1.165) is 15.8 Å². The smallest absolute Gasteiger partial charge is 0.283 e. The maximum absolute atomic E-state index is 11.4. The Morgan fingerprint density at radius 1 is 1.40 bits per heavy atom. The van der Waals surface area contributed by atoms with Crippen molar-refractivity contribution in [1.82, 2.24) is 10.4 Å². The van der Waals surface area contributed by atoms with Gasteiger partial charge >= 0.3 is 0 Å². The van der Waals surface area contributed by atoms with Crippen molar-refractivity contribution in [2.24, 2.45) is 5.84 Å². The third kappa shape index (κ3) is 3.55. The highest BCUT2D eigenvalue weighted by Gasteiger charge is 2.07. The molecule has 0 saturated heterocycles. The van der Waals surface area contributed by atoms with Crippen molar-refractivity contribution in [3.8, 4) is 5.75 Å². The maximum atomic E-state index is 11.4. The number of pyridine rings is 1. The van der Waals surface area contributed by atoms with Gasteiger partial charge in [0.2, 0.25) is 0 Å². The van der Waals surface area contributed by atoms with Gasteiger partial charge in [-0.3, -0.25) is 10.2 Å². The van der Waals surface area contributed by atoms with Crippen molar-refractivity contribution < 1.29 is 9.53 Å². The number of nitrogens with one attached hydrogen (secondary N) is 1. The normalized spacial score (nSPS) is 10.2. The second-order valence-corrected chi connectivity index (χ2v) is 5.10. The Morgan fingerprint density at radius 2 is 2.20 bits per heavy atom. The minimum atomic E-state index is -0.424. The zero-order valence-electron chi connectivity index (χ0n) is 10.9. The molecule has 0 fully saturated rings. The SMILES string of the molecule is Cc1cc(Br)ccc1OCc1cccc(C(=O)NN)n1. The molecule has 0 radical (unpaired) electrons. The minimum Gasteiger partial charge on any atom is -0.487 e. The highest BCUT2D eigenvalue weighted by molar-refractivity contribution is 9.10. The van der Waals surface area contributed by atoms with Crippen molar-refractivity contribution in [3.63, 3.8) is 0 Å². The zero-order valence-corrected chi connectivity index (χ0v) is 12.5. The summed E-state index contributed by atoms with van der Waals surface area (Å²) in [5.74, 6) is 5.43. The third-order valence-electron chi connectivity index (χ3n) is 2.68. The summed E-state index contributed by atoms with van der Waals surface area (Å²) in [6.45, 7) is 2.25. The first-order chi connectivity index (χ1) is 9.60. The molecule has 2 rings (SSSR count). The number of rotatable bonds is 4. The van der Waals surface area contributed by atoms with E-state index in [1.165, 1.54) is 0 Å². The van der Waals surface area contributed by atoms with E-state index in [9.17, 15) is 4.79 Å². The molecule has 1 aromatic carbocycles. The lowest BCUT2D eigenvalue weighted by molar-refractivity contribution is 0.0948. The molecule has 3 N–H and O–H groups in total. The molecule has 0 aliphatic carbocycles. The van der Waals surface area contributed by atoms with E-state index in [1.807, 2.05) is 25.1 Å². The molecule has 6 heteroatoms. The van der Waals surface area contributed by atoms with E-state index < -0.39 is 5.91 Å². The number of nitrogens with two attached hydrogens (primary N) is 1. The first-order valence-electron chi connectivity index (χ1n) is 5.96. The number of aromatic nitrogens is 1. The molecular weight excluding hydrogens is 322 g/mol. The Hall–Kier alpha value is -1.92. The van der Waals surface area contributed by atoms with E-state index in [2.05, 4.69) is 26.3 Å². The lowest BCUT2D eigenvalue weighted by atomic mass is 10.2. The average Bonchev–Trinajstić information content (AvgIpc) is 2.46. The van der Waals surface area contributed by atoms with E-state index in [4.69, 9.17) is 10.6 Å². The molecule has 0 unspecified atom stereocenters. The molecule has 0 aliphatic heterocycles. The molecule has 1 amide bonds. The largest absolute Gasteiger partial charge is 0.487 e. The van der Waals surface area contributed by atoms with Crippen LogP contribution in [-0.4, -0.2) is 10.9 Å². The van der Waals surface area contributed by atoms with Gasteiger partial charge < -0.3 is 4.74 Å². The summed E-state index contributed by atoms with van der Waals surface area (Å²) in [5.41, 5.74) is 4.00. The van der Waals surface area contributed by atoms with Crippen molar-refractivity contribution in [2.45, 2.75) is 13.5 Å². The number of nitrogens with zero attached hydrogens (tertiary/aromatic N) is 1. The molecular formula is C14H14BrN3O2. The third-order valence-corrected chi connectivity index (χ3v) is 3.18. The number of carbonyl (C=O) groups excluding carboxylic acids is 1. The quantitative estimate of drug-likeness (QED) is 0.510. The van der Waals surface area contributed by atoms with Gasteiger partial charge in [-0.1, -0.05) is 22.0 Å². The highest BCUT2D eigenvalue weighted by Crippen LogP contribution is 2.22. The van der Waals surface area contributed by atoms with Gasteiger partial charge in [-0.15, -0.1) is 0 Å². The number of hydrogen-bond donors (Lipinski definition) is 2. The fourth-order valence-corrected chi connectivity index (χ4v) is 2.16. The summed E-state index contributed by atoms with van der Waals surface area (Å²) < 4.78 is 6.70. The first kappa shape index (κ1) is 14.5. The van der Waals surface area contributed by atoms with Crippen LogP contribution in [0.4, 0.5) is 0 Å². The van der Waals surface area contributed by atoms with Crippen molar-refractivity contribution in [1.29, 1.82) is 0 Å². The number of ether oxygens (including phenoxy) is 1. The predicted molar refractivity (Wildman–Crippen MR) is 79.1 cm³/mol. The van der Waals surface area contributed by atoms with Gasteiger partial charge in [0.05, 0.1) is 5.69 Å². The Balaban J connectivity index is 2.09. The molecule has 0 bridgehead atoms. The van der Waals surface area contributed by atoms with Crippen LogP contribution in [0.1, 0.15) is 21.7 Å². The number of aryl methyl sites for hydroxylation is 1. The Morgan fingerprint density at radius 3 is 2.90 bits per heavy atom. The average molecular weight is 336 g/mol. The zero-order chi connectivity index (χ0) is 14.5. The molecule has 104 valence electrons. The van der Waals surface area contributed by atoms with Crippen LogP contribution >= 0.6 is 15.9 Å². The second kappa shape index (κ2) is 6.49. The second-order valence-electron chi connectivity index (χ2n) is 4.19. The standard InChI is InChI=1S/C14H14BrN3O2/c1-9-7-10(15)5-6-13(9)20-8-11-3-2-4-12(17-11)14(19)18-16/h2-7H,8,16H2,1H3,(H,18,19). The molecule has 2 aromatic rings. The summed E-state index contributed by atoms with van der Waals surface area (Å²) in [4.78, 5) is 15.6. The van der Waals surface area contributed by atoms with E-state index in [0.29, 0.717) is 5.69 Å².